The summed E-state index contributed by atoms with van der Waals surface area (Å²) >= 11 is 0. The molecule has 0 saturated heterocycles. The summed E-state index contributed by atoms with van der Waals surface area (Å²) in [5.41, 5.74) is 3.53. The van der Waals surface area contributed by atoms with Crippen LogP contribution in [0.25, 0.3) is 16.9 Å². The number of fused-ring (bicyclic) bond motifs is 1. The van der Waals surface area contributed by atoms with Crippen molar-refractivity contribution in [3.63, 3.8) is 0 Å². The zero-order valence-corrected chi connectivity index (χ0v) is 18.0. The van der Waals surface area contributed by atoms with Gasteiger partial charge in [0.15, 0.2) is 17.2 Å². The molecule has 0 radical (unpaired) electrons. The Morgan fingerprint density at radius 3 is 2.65 bits per heavy atom. The van der Waals surface area contributed by atoms with Crippen LogP contribution in [-0.4, -0.2) is 55.8 Å². The van der Waals surface area contributed by atoms with Crippen molar-refractivity contribution in [3.8, 4) is 11.3 Å². The van der Waals surface area contributed by atoms with Crippen molar-refractivity contribution in [1.29, 1.82) is 0 Å². The number of pyridine rings is 1. The number of aromatic carboxylic acids is 1. The molecule has 11 heteroatoms. The van der Waals surface area contributed by atoms with E-state index < -0.39 is 24.1 Å². The van der Waals surface area contributed by atoms with Gasteiger partial charge in [0.1, 0.15) is 6.17 Å². The number of nitrogens with zero attached hydrogens (tertiary/aromatic N) is 4. The number of alkyl halides is 1. The zero-order chi connectivity index (χ0) is 23.8. The highest BCUT2D eigenvalue weighted by Gasteiger charge is 2.39. The van der Waals surface area contributed by atoms with Crippen LogP contribution in [0.3, 0.4) is 0 Å². The first-order chi connectivity index (χ1) is 16.4. The molecule has 0 aliphatic heterocycles. The second-order valence-corrected chi connectivity index (χ2v) is 7.85. The minimum absolute atomic E-state index is 0.110. The Labute approximate surface area is 192 Å². The third-order valence-electron chi connectivity index (χ3n) is 5.44. The molecule has 2 atom stereocenters. The molecule has 3 aromatic heterocycles. The number of carbonyl (C=O) groups is 2. The normalized spacial score (nSPS) is 16.8. The van der Waals surface area contributed by atoms with Crippen LogP contribution < -0.4 is 16.0 Å². The van der Waals surface area contributed by atoms with Crippen LogP contribution in [-0.2, 0) is 0 Å². The first-order valence-electron chi connectivity index (χ1n) is 10.5. The highest BCUT2D eigenvalue weighted by molar-refractivity contribution is 5.94. The van der Waals surface area contributed by atoms with Gasteiger partial charge in [-0.3, -0.25) is 9.78 Å². The van der Waals surface area contributed by atoms with Gasteiger partial charge in [0.25, 0.3) is 5.91 Å². The summed E-state index contributed by atoms with van der Waals surface area (Å²) < 4.78 is 14.6. The number of aromatic nitrogens is 4. The molecule has 1 amide bonds. The van der Waals surface area contributed by atoms with Crippen LogP contribution in [0.5, 0.6) is 0 Å². The number of benzene rings is 1. The fourth-order valence-corrected chi connectivity index (χ4v) is 3.52. The van der Waals surface area contributed by atoms with Gasteiger partial charge in [-0.05, 0) is 24.3 Å². The third kappa shape index (κ3) is 4.10. The number of carboxylic acid groups (broad SMARTS) is 1. The standard InChI is InChI=1S/C23H20FN7O3/c1-25-18-9-20(30-31-19(11-27-21(18)31)22(32)29-17-8-15(17)24)28-14-4-2-3-12(7-14)16-6-5-13(10-26-16)23(33)34/h2-7,9-11,15,17,25H,8H2,1H3,(H,28,30)(H,29,32)(H,33,34)/t15-,17+/m0/s1. The maximum atomic E-state index is 13.2. The molecule has 1 aliphatic rings. The van der Waals surface area contributed by atoms with Gasteiger partial charge in [-0.25, -0.2) is 18.7 Å². The Kier molecular flexibility index (Phi) is 5.28. The van der Waals surface area contributed by atoms with E-state index in [-0.39, 0.29) is 11.3 Å². The van der Waals surface area contributed by atoms with Crippen molar-refractivity contribution in [2.75, 3.05) is 17.7 Å². The predicted octanol–water partition coefficient (Wildman–Crippen LogP) is 3.12. The fourth-order valence-electron chi connectivity index (χ4n) is 3.52. The van der Waals surface area contributed by atoms with Crippen molar-refractivity contribution in [2.45, 2.75) is 18.6 Å². The summed E-state index contributed by atoms with van der Waals surface area (Å²) in [7, 11) is 1.73. The van der Waals surface area contributed by atoms with Crippen LogP contribution in [0.4, 0.5) is 21.6 Å². The SMILES string of the molecule is CNc1cc(Nc2cccc(-c3ccc(C(=O)O)cn3)c2)nn2c(C(=O)N[C@@H]3C[C@@H]3F)cnc12. The quantitative estimate of drug-likeness (QED) is 0.330. The molecule has 10 nitrogen and oxygen atoms in total. The highest BCUT2D eigenvalue weighted by Crippen LogP contribution is 2.27. The van der Waals surface area contributed by atoms with Gasteiger partial charge >= 0.3 is 5.97 Å². The average molecular weight is 461 g/mol. The number of anilines is 3. The molecule has 1 saturated carbocycles. The van der Waals surface area contributed by atoms with Gasteiger partial charge in [0.2, 0.25) is 0 Å². The predicted molar refractivity (Wildman–Crippen MR) is 123 cm³/mol. The maximum Gasteiger partial charge on any atom is 0.337 e. The van der Waals surface area contributed by atoms with Crippen molar-refractivity contribution in [1.82, 2.24) is 24.9 Å². The molecule has 0 unspecified atom stereocenters. The lowest BCUT2D eigenvalue weighted by Crippen LogP contribution is -2.28. The van der Waals surface area contributed by atoms with Crippen LogP contribution in [0.2, 0.25) is 0 Å². The van der Waals surface area contributed by atoms with E-state index in [1.54, 1.807) is 19.2 Å². The monoisotopic (exact) mass is 461 g/mol. The second kappa shape index (κ2) is 8.43. The van der Waals surface area contributed by atoms with Gasteiger partial charge in [0, 0.05) is 37.0 Å². The number of halogens is 1. The summed E-state index contributed by atoms with van der Waals surface area (Å²) in [6.07, 6.45) is 2.02. The summed E-state index contributed by atoms with van der Waals surface area (Å²) in [5, 5.41) is 22.5. The molecule has 5 rings (SSSR count). The van der Waals surface area contributed by atoms with E-state index in [2.05, 4.69) is 31.0 Å². The van der Waals surface area contributed by atoms with Gasteiger partial charge < -0.3 is 21.1 Å². The molecule has 34 heavy (non-hydrogen) atoms. The minimum Gasteiger partial charge on any atom is -0.478 e. The van der Waals surface area contributed by atoms with E-state index in [1.165, 1.54) is 23.0 Å². The van der Waals surface area contributed by atoms with Gasteiger partial charge in [0.05, 0.1) is 29.2 Å². The summed E-state index contributed by atoms with van der Waals surface area (Å²) in [4.78, 5) is 32.2. The molecule has 1 fully saturated rings. The molecule has 1 aromatic carbocycles. The molecule has 0 bridgehead atoms. The number of rotatable bonds is 7. The Bertz CT molecular complexity index is 1400. The van der Waals surface area contributed by atoms with E-state index in [4.69, 9.17) is 5.11 Å². The van der Waals surface area contributed by atoms with Gasteiger partial charge in [-0.15, -0.1) is 5.10 Å². The number of carboxylic acids is 1. The smallest absolute Gasteiger partial charge is 0.337 e. The second-order valence-electron chi connectivity index (χ2n) is 7.85. The van der Waals surface area contributed by atoms with Crippen molar-refractivity contribution < 1.29 is 19.1 Å². The topological polar surface area (TPSA) is 134 Å². The Morgan fingerprint density at radius 1 is 1.15 bits per heavy atom. The van der Waals surface area contributed by atoms with Crippen LogP contribution in [0, 0.1) is 0 Å². The number of amides is 1. The van der Waals surface area contributed by atoms with E-state index in [0.29, 0.717) is 35.0 Å². The van der Waals surface area contributed by atoms with E-state index in [0.717, 1.165) is 5.56 Å². The Balaban J connectivity index is 1.44. The first kappa shape index (κ1) is 21.3. The lowest BCUT2D eigenvalue weighted by Gasteiger charge is -2.11. The van der Waals surface area contributed by atoms with Crippen molar-refractivity contribution >= 4 is 34.7 Å². The van der Waals surface area contributed by atoms with Crippen LogP contribution >= 0.6 is 0 Å². The average Bonchev–Trinajstić information content (AvgIpc) is 3.35. The molecule has 172 valence electrons. The molecule has 4 aromatic rings. The molecule has 0 spiro atoms. The summed E-state index contributed by atoms with van der Waals surface area (Å²) in [6.45, 7) is 0. The third-order valence-corrected chi connectivity index (χ3v) is 5.44. The molecule has 3 heterocycles. The lowest BCUT2D eigenvalue weighted by atomic mass is 10.1. The van der Waals surface area contributed by atoms with Gasteiger partial charge in [-0.1, -0.05) is 12.1 Å². The van der Waals surface area contributed by atoms with Crippen LogP contribution in [0.15, 0.2) is 54.9 Å². The Hall–Kier alpha value is -4.54. The van der Waals surface area contributed by atoms with E-state index in [9.17, 15) is 14.0 Å². The van der Waals surface area contributed by atoms with E-state index in [1.807, 2.05) is 24.3 Å². The van der Waals surface area contributed by atoms with E-state index >= 15 is 0 Å². The van der Waals surface area contributed by atoms with Gasteiger partial charge in [-0.2, -0.15) is 0 Å². The molecule has 1 aliphatic carbocycles. The van der Waals surface area contributed by atoms with Crippen LogP contribution in [0.1, 0.15) is 27.3 Å². The molecular weight excluding hydrogens is 441 g/mol. The lowest BCUT2D eigenvalue weighted by molar-refractivity contribution is 0.0696. The summed E-state index contributed by atoms with van der Waals surface area (Å²) in [6, 6.07) is 11.8. The van der Waals surface area contributed by atoms with Crippen molar-refractivity contribution in [3.05, 3.63) is 66.1 Å². The fraction of sp³-hybridized carbons (Fsp3) is 0.174. The Morgan fingerprint density at radius 2 is 1.97 bits per heavy atom. The number of carbonyl (C=O) groups excluding carboxylic acids is 1. The number of hydrogen-bond donors (Lipinski definition) is 4. The highest BCUT2D eigenvalue weighted by atomic mass is 19.1. The number of imidazole rings is 1. The van der Waals surface area contributed by atoms with Crippen molar-refractivity contribution in [2.24, 2.45) is 0 Å². The zero-order valence-electron chi connectivity index (χ0n) is 18.0. The minimum atomic E-state index is -1.04. The largest absolute Gasteiger partial charge is 0.478 e. The number of nitrogens with one attached hydrogen (secondary N) is 3. The molecule has 4 N–H and O–H groups in total. The number of hydrogen-bond acceptors (Lipinski definition) is 7. The maximum absolute atomic E-state index is 13.2. The summed E-state index contributed by atoms with van der Waals surface area (Å²) in [5.74, 6) is -1.03. The first-order valence-corrected chi connectivity index (χ1v) is 10.5. The molecular formula is C23H20FN7O3.